The highest BCUT2D eigenvalue weighted by atomic mass is 16.5. The predicted molar refractivity (Wildman–Crippen MR) is 119 cm³/mol. The molecular weight excluding hydrogens is 378 g/mol. The summed E-state index contributed by atoms with van der Waals surface area (Å²) in [6, 6.07) is 8.43. The van der Waals surface area contributed by atoms with Crippen molar-refractivity contribution in [2.24, 2.45) is 0 Å². The van der Waals surface area contributed by atoms with Crippen LogP contribution in [0.25, 0.3) is 0 Å². The molecule has 162 valence electrons. The molecule has 7 nitrogen and oxygen atoms in total. The Kier molecular flexibility index (Phi) is 6.51. The van der Waals surface area contributed by atoms with E-state index in [1.807, 2.05) is 18.4 Å². The van der Waals surface area contributed by atoms with E-state index in [4.69, 9.17) is 9.72 Å². The number of aryl methyl sites for hydroxylation is 2. The maximum Gasteiger partial charge on any atom is 0.259 e. The van der Waals surface area contributed by atoms with Crippen molar-refractivity contribution < 1.29 is 4.74 Å². The van der Waals surface area contributed by atoms with Gasteiger partial charge in [-0.05, 0) is 50.9 Å². The van der Waals surface area contributed by atoms with Crippen LogP contribution in [0, 0.1) is 13.8 Å². The van der Waals surface area contributed by atoms with Crippen LogP contribution in [-0.2, 0) is 17.8 Å². The summed E-state index contributed by atoms with van der Waals surface area (Å²) in [7, 11) is 0. The first-order valence-corrected chi connectivity index (χ1v) is 11.0. The van der Waals surface area contributed by atoms with Gasteiger partial charge in [-0.1, -0.05) is 19.1 Å². The SMILES string of the molecule is CCc1c(C)nc2n(c1=O)CN(CCCN1CCOCC1)CN2c1cccc(C)c1. The molecular formula is C23H33N5O2. The minimum atomic E-state index is 0.0931. The standard InChI is InChI=1S/C23H33N5O2/c1-4-21-19(3)24-23-27(20-8-5-7-18(2)15-20)16-26(17-28(23)22(21)29)10-6-9-25-11-13-30-14-12-25/h5,7-8,15H,4,6,9-14,16-17H2,1-3H3. The molecule has 0 unspecified atom stereocenters. The molecule has 0 radical (unpaired) electrons. The second-order valence-corrected chi connectivity index (χ2v) is 8.31. The monoisotopic (exact) mass is 411 g/mol. The van der Waals surface area contributed by atoms with E-state index in [1.165, 1.54) is 5.56 Å². The molecule has 2 aliphatic heterocycles. The molecule has 0 amide bonds. The van der Waals surface area contributed by atoms with Gasteiger partial charge in [0.25, 0.3) is 5.56 Å². The van der Waals surface area contributed by atoms with E-state index in [1.54, 1.807) is 0 Å². The number of anilines is 2. The fraction of sp³-hybridized carbons (Fsp3) is 0.565. The Morgan fingerprint density at radius 2 is 1.83 bits per heavy atom. The summed E-state index contributed by atoms with van der Waals surface area (Å²) in [6.45, 7) is 13.1. The first kappa shape index (κ1) is 21.0. The van der Waals surface area contributed by atoms with Crippen LogP contribution < -0.4 is 10.5 Å². The third-order valence-electron chi connectivity index (χ3n) is 6.09. The Morgan fingerprint density at radius 3 is 2.57 bits per heavy atom. The summed E-state index contributed by atoms with van der Waals surface area (Å²) in [5, 5.41) is 0. The Hall–Kier alpha value is -2.22. The summed E-state index contributed by atoms with van der Waals surface area (Å²) in [6.07, 6.45) is 1.78. The van der Waals surface area contributed by atoms with Gasteiger partial charge in [0.1, 0.15) is 0 Å². The van der Waals surface area contributed by atoms with Crippen molar-refractivity contribution >= 4 is 11.6 Å². The number of benzene rings is 1. The van der Waals surface area contributed by atoms with Gasteiger partial charge in [0.15, 0.2) is 0 Å². The lowest BCUT2D eigenvalue weighted by molar-refractivity contribution is 0.0354. The molecule has 0 spiro atoms. The highest BCUT2D eigenvalue weighted by Crippen LogP contribution is 2.28. The molecule has 0 bridgehead atoms. The highest BCUT2D eigenvalue weighted by Gasteiger charge is 2.27. The topological polar surface area (TPSA) is 53.8 Å². The van der Waals surface area contributed by atoms with Crippen LogP contribution in [0.3, 0.4) is 0 Å². The Bertz CT molecular complexity index is 936. The van der Waals surface area contributed by atoms with Gasteiger partial charge in [0.2, 0.25) is 5.95 Å². The first-order valence-electron chi connectivity index (χ1n) is 11.0. The number of ether oxygens (including phenoxy) is 1. The summed E-state index contributed by atoms with van der Waals surface area (Å²) < 4.78 is 7.30. The number of hydrogen-bond acceptors (Lipinski definition) is 6. The third kappa shape index (κ3) is 4.43. The highest BCUT2D eigenvalue weighted by molar-refractivity contribution is 5.59. The number of hydrogen-bond donors (Lipinski definition) is 0. The van der Waals surface area contributed by atoms with Crippen LogP contribution in [0.2, 0.25) is 0 Å². The van der Waals surface area contributed by atoms with Gasteiger partial charge in [0, 0.05) is 36.6 Å². The fourth-order valence-electron chi connectivity index (χ4n) is 4.41. The summed E-state index contributed by atoms with van der Waals surface area (Å²) in [5.74, 6) is 0.754. The van der Waals surface area contributed by atoms with Crippen LogP contribution in [0.1, 0.15) is 30.2 Å². The average Bonchev–Trinajstić information content (AvgIpc) is 2.75. The van der Waals surface area contributed by atoms with Crippen LogP contribution in [-0.4, -0.2) is 65.4 Å². The van der Waals surface area contributed by atoms with Crippen LogP contribution in [0.5, 0.6) is 0 Å². The Morgan fingerprint density at radius 1 is 1.07 bits per heavy atom. The summed E-state index contributed by atoms with van der Waals surface area (Å²) >= 11 is 0. The van der Waals surface area contributed by atoms with Crippen LogP contribution in [0.4, 0.5) is 11.6 Å². The molecule has 1 saturated heterocycles. The molecule has 0 aliphatic carbocycles. The zero-order chi connectivity index (χ0) is 21.1. The molecule has 0 atom stereocenters. The number of nitrogens with zero attached hydrogens (tertiary/aromatic N) is 5. The third-order valence-corrected chi connectivity index (χ3v) is 6.09. The summed E-state index contributed by atoms with van der Waals surface area (Å²) in [5.41, 5.74) is 4.03. The zero-order valence-electron chi connectivity index (χ0n) is 18.4. The van der Waals surface area contributed by atoms with Crippen molar-refractivity contribution in [3.05, 3.63) is 51.4 Å². The van der Waals surface area contributed by atoms with E-state index in [9.17, 15) is 4.79 Å². The van der Waals surface area contributed by atoms with Crippen molar-refractivity contribution in [3.63, 3.8) is 0 Å². The van der Waals surface area contributed by atoms with Gasteiger partial charge in [-0.15, -0.1) is 0 Å². The normalized spacial score (nSPS) is 17.9. The molecule has 1 aromatic carbocycles. The van der Waals surface area contributed by atoms with Gasteiger partial charge in [0.05, 0.1) is 26.6 Å². The van der Waals surface area contributed by atoms with Gasteiger partial charge in [-0.2, -0.15) is 0 Å². The molecule has 2 aromatic rings. The van der Waals surface area contributed by atoms with E-state index in [0.717, 1.165) is 75.4 Å². The molecule has 4 rings (SSSR count). The lowest BCUT2D eigenvalue weighted by atomic mass is 10.2. The quantitative estimate of drug-likeness (QED) is 0.728. The fourth-order valence-corrected chi connectivity index (χ4v) is 4.41. The molecule has 1 aromatic heterocycles. The number of morpholine rings is 1. The maximum absolute atomic E-state index is 13.2. The van der Waals surface area contributed by atoms with E-state index in [2.05, 4.69) is 45.9 Å². The number of aromatic nitrogens is 2. The van der Waals surface area contributed by atoms with Crippen LogP contribution in [0.15, 0.2) is 29.1 Å². The molecule has 1 fully saturated rings. The first-order chi connectivity index (χ1) is 14.6. The molecule has 30 heavy (non-hydrogen) atoms. The average molecular weight is 412 g/mol. The van der Waals surface area contributed by atoms with Crippen molar-refractivity contribution in [2.75, 3.05) is 51.0 Å². The largest absolute Gasteiger partial charge is 0.379 e. The number of rotatable bonds is 6. The Labute approximate surface area is 178 Å². The van der Waals surface area contributed by atoms with Gasteiger partial charge >= 0.3 is 0 Å². The predicted octanol–water partition coefficient (Wildman–Crippen LogP) is 2.51. The van der Waals surface area contributed by atoms with Crippen LogP contribution >= 0.6 is 0 Å². The van der Waals surface area contributed by atoms with Crippen molar-refractivity contribution in [2.45, 2.75) is 40.3 Å². The van der Waals surface area contributed by atoms with Gasteiger partial charge < -0.3 is 4.74 Å². The summed E-state index contributed by atoms with van der Waals surface area (Å²) in [4.78, 5) is 25.1. The molecule has 7 heteroatoms. The van der Waals surface area contributed by atoms with E-state index < -0.39 is 0 Å². The van der Waals surface area contributed by atoms with E-state index in [-0.39, 0.29) is 5.56 Å². The van der Waals surface area contributed by atoms with Crippen molar-refractivity contribution in [1.29, 1.82) is 0 Å². The lowest BCUT2D eigenvalue weighted by Crippen LogP contribution is -2.48. The molecule has 0 saturated carbocycles. The minimum Gasteiger partial charge on any atom is -0.379 e. The second kappa shape index (κ2) is 9.29. The zero-order valence-corrected chi connectivity index (χ0v) is 18.4. The number of fused-ring (bicyclic) bond motifs is 1. The van der Waals surface area contributed by atoms with E-state index in [0.29, 0.717) is 13.1 Å². The van der Waals surface area contributed by atoms with Crippen molar-refractivity contribution in [1.82, 2.24) is 19.4 Å². The molecule has 3 heterocycles. The molecule has 2 aliphatic rings. The smallest absolute Gasteiger partial charge is 0.259 e. The second-order valence-electron chi connectivity index (χ2n) is 8.31. The van der Waals surface area contributed by atoms with E-state index >= 15 is 0 Å². The molecule has 0 N–H and O–H groups in total. The van der Waals surface area contributed by atoms with Crippen molar-refractivity contribution in [3.8, 4) is 0 Å². The Balaban J connectivity index is 1.59. The van der Waals surface area contributed by atoms with Gasteiger partial charge in [-0.25, -0.2) is 4.98 Å². The maximum atomic E-state index is 13.2. The minimum absolute atomic E-state index is 0.0931. The lowest BCUT2D eigenvalue weighted by Gasteiger charge is -2.39. The van der Waals surface area contributed by atoms with Gasteiger partial charge in [-0.3, -0.25) is 24.1 Å².